The molecule has 27 heteroatoms. The van der Waals surface area contributed by atoms with E-state index < -0.39 is 151 Å². The van der Waals surface area contributed by atoms with Gasteiger partial charge >= 0.3 is 29.8 Å². The standard InChI is InChI=1S/C63H101N7O20/c1-41(71)57(42(2)72)69-58(82)43(24-31-51(75)63(3,4)70-55(79)34-27-46-39-64-40-66-46)21-19-20-36-65-52(76)35-30-50(62(89)90)68-54(78)33-26-45(60(85)86)38-48(74)28-29-49(61(87)88)67-53(77)32-25-44(59(83)84)37-47(73)22-17-15-13-11-9-7-5-6-8-10-12-14-16-18-23-56(80)81/h39-41,43-45,49-50,57,71H,5-38H2,1-4H3,(H,64,66)(H,65,76)(H,67,77)(H,68,78)(H,69,82)(H,70,79)(H,80,81)(H,83,84)(H,85,86)(H,87,88)(H,89,90)/t41-,43-,44-,45-,49+,50+,57+/m1/s1. The van der Waals surface area contributed by atoms with Crippen LogP contribution in [0.4, 0.5) is 0 Å². The number of hydrogen-bond donors (Lipinski definition) is 12. The average Bonchev–Trinajstić information content (AvgIpc) is 3.10. The maximum absolute atomic E-state index is 13.4. The first-order valence-electron chi connectivity index (χ1n) is 31.8. The van der Waals surface area contributed by atoms with Gasteiger partial charge in [0.1, 0.15) is 29.7 Å². The average molecular weight is 1280 g/mol. The molecule has 90 heavy (non-hydrogen) atoms. The topological polar surface area (TPSA) is 449 Å². The highest BCUT2D eigenvalue weighted by molar-refractivity contribution is 5.93. The summed E-state index contributed by atoms with van der Waals surface area (Å²) in [4.78, 5) is 181. The molecule has 1 aromatic heterocycles. The summed E-state index contributed by atoms with van der Waals surface area (Å²) in [6, 6.07) is -4.36. The number of aliphatic carboxylic acids is 5. The Morgan fingerprint density at radius 1 is 0.489 bits per heavy atom. The third-order valence-electron chi connectivity index (χ3n) is 15.8. The molecule has 0 saturated heterocycles. The number of H-pyrrole nitrogens is 1. The lowest BCUT2D eigenvalue weighted by atomic mass is 9.88. The molecule has 1 heterocycles. The minimum Gasteiger partial charge on any atom is -0.481 e. The number of carbonyl (C=O) groups excluding carboxylic acids is 9. The van der Waals surface area contributed by atoms with Crippen molar-refractivity contribution in [3.63, 3.8) is 0 Å². The number of aromatic amines is 1. The Balaban J connectivity index is 2.55. The number of amides is 5. The fourth-order valence-corrected chi connectivity index (χ4v) is 10.2. The number of nitrogens with zero attached hydrogens (tertiary/aromatic N) is 1. The Bertz CT molecular complexity index is 2460. The van der Waals surface area contributed by atoms with Gasteiger partial charge in [-0.25, -0.2) is 14.6 Å². The summed E-state index contributed by atoms with van der Waals surface area (Å²) in [6.07, 6.45) is 13.5. The lowest BCUT2D eigenvalue weighted by Gasteiger charge is -2.27. The van der Waals surface area contributed by atoms with Crippen molar-refractivity contribution in [3.05, 3.63) is 18.2 Å². The quantitative estimate of drug-likeness (QED) is 0.0340. The van der Waals surface area contributed by atoms with Crippen LogP contribution >= 0.6 is 0 Å². The van der Waals surface area contributed by atoms with E-state index in [4.69, 9.17) is 5.11 Å². The molecule has 0 aromatic carbocycles. The third-order valence-corrected chi connectivity index (χ3v) is 15.8. The van der Waals surface area contributed by atoms with Crippen molar-refractivity contribution in [1.29, 1.82) is 0 Å². The molecular formula is C63H101N7O20. The predicted molar refractivity (Wildman–Crippen MR) is 327 cm³/mol. The van der Waals surface area contributed by atoms with Crippen LogP contribution in [-0.4, -0.2) is 159 Å². The van der Waals surface area contributed by atoms with E-state index >= 15 is 0 Å². The zero-order valence-corrected chi connectivity index (χ0v) is 53.1. The predicted octanol–water partition coefficient (Wildman–Crippen LogP) is 5.85. The monoisotopic (exact) mass is 1280 g/mol. The van der Waals surface area contributed by atoms with Crippen molar-refractivity contribution in [2.45, 2.75) is 269 Å². The smallest absolute Gasteiger partial charge is 0.326 e. The van der Waals surface area contributed by atoms with Gasteiger partial charge < -0.3 is 62.2 Å². The highest BCUT2D eigenvalue weighted by Gasteiger charge is 2.33. The number of aliphatic hydroxyl groups excluding tert-OH is 1. The number of ketones is 4. The molecule has 5 amide bonds. The van der Waals surface area contributed by atoms with E-state index in [-0.39, 0.29) is 88.2 Å². The summed E-state index contributed by atoms with van der Waals surface area (Å²) in [5, 5.41) is 70.3. The summed E-state index contributed by atoms with van der Waals surface area (Å²) in [5.74, 6) is -15.0. The first-order valence-corrected chi connectivity index (χ1v) is 31.8. The van der Waals surface area contributed by atoms with Crippen LogP contribution in [0.25, 0.3) is 0 Å². The first kappa shape index (κ1) is 80.6. The van der Waals surface area contributed by atoms with Crippen LogP contribution in [0.2, 0.25) is 0 Å². The van der Waals surface area contributed by atoms with Gasteiger partial charge in [-0.15, -0.1) is 0 Å². The molecule has 0 aliphatic heterocycles. The van der Waals surface area contributed by atoms with Gasteiger partial charge in [0.05, 0.1) is 29.8 Å². The normalized spacial score (nSPS) is 13.7. The van der Waals surface area contributed by atoms with Gasteiger partial charge in [-0.2, -0.15) is 0 Å². The minimum atomic E-state index is -1.60. The number of carboxylic acids is 5. The number of aromatic nitrogens is 2. The van der Waals surface area contributed by atoms with Crippen molar-refractivity contribution in [2.24, 2.45) is 17.8 Å². The number of Topliss-reactive ketones (excluding diaryl/α,β-unsaturated/α-hetero) is 4. The largest absolute Gasteiger partial charge is 0.481 e. The van der Waals surface area contributed by atoms with Gasteiger partial charge in [-0.05, 0) is 91.9 Å². The third kappa shape index (κ3) is 38.2. The Labute approximate surface area is 527 Å². The van der Waals surface area contributed by atoms with Crippen LogP contribution in [-0.2, 0) is 73.5 Å². The summed E-state index contributed by atoms with van der Waals surface area (Å²) in [5.41, 5.74) is -0.532. The molecule has 7 atom stereocenters. The maximum Gasteiger partial charge on any atom is 0.326 e. The Morgan fingerprint density at radius 3 is 1.39 bits per heavy atom. The van der Waals surface area contributed by atoms with E-state index in [0.29, 0.717) is 25.7 Å². The second-order valence-corrected chi connectivity index (χ2v) is 24.1. The van der Waals surface area contributed by atoms with E-state index in [1.807, 2.05) is 0 Å². The molecule has 0 radical (unpaired) electrons. The van der Waals surface area contributed by atoms with Gasteiger partial charge in [-0.3, -0.25) is 57.5 Å². The number of hydrogen-bond acceptors (Lipinski definition) is 16. The Morgan fingerprint density at radius 2 is 0.944 bits per heavy atom. The summed E-state index contributed by atoms with van der Waals surface area (Å²) >= 11 is 0. The molecule has 508 valence electrons. The van der Waals surface area contributed by atoms with Crippen LogP contribution in [0, 0.1) is 17.8 Å². The number of carboxylic acid groups (broad SMARTS) is 5. The van der Waals surface area contributed by atoms with E-state index in [1.54, 1.807) is 20.0 Å². The molecule has 0 bridgehead atoms. The number of aliphatic hydroxyl groups is 1. The zero-order chi connectivity index (χ0) is 67.6. The lowest BCUT2D eigenvalue weighted by molar-refractivity contribution is -0.145. The Hall–Kier alpha value is -7.45. The number of rotatable bonds is 56. The fraction of sp³-hybridized carbons (Fsp3) is 0.730. The SMILES string of the molecule is CC(=O)[C@@H](NC(=O)[C@H](CCCCNC(=O)CC[C@H](NC(=O)CC[C@H](CC(=O)CC[C@H](NC(=O)CC[C@H](CC(=O)CCCCCCCCCCCCCCCCC(=O)O)C(=O)O)C(=O)O)C(=O)O)C(=O)O)CCC(=O)C(C)(C)NC(=O)CCc1cnc[nH]1)[C@@H](C)O. The summed E-state index contributed by atoms with van der Waals surface area (Å²) < 4.78 is 0. The molecule has 1 aromatic rings. The number of unbranched alkanes of at least 4 members (excludes halogenated alkanes) is 14. The van der Waals surface area contributed by atoms with E-state index in [0.717, 1.165) is 76.3 Å². The highest BCUT2D eigenvalue weighted by Crippen LogP contribution is 2.22. The van der Waals surface area contributed by atoms with Gasteiger partial charge in [0.25, 0.3) is 0 Å². The molecule has 0 unspecified atom stereocenters. The van der Waals surface area contributed by atoms with Crippen molar-refractivity contribution < 1.29 is 97.8 Å². The molecule has 0 saturated carbocycles. The van der Waals surface area contributed by atoms with Gasteiger partial charge in [0.2, 0.25) is 29.5 Å². The van der Waals surface area contributed by atoms with E-state index in [9.17, 15) is 92.7 Å². The Kier molecular flexibility index (Phi) is 40.9. The molecule has 27 nitrogen and oxygen atoms in total. The number of nitrogens with one attached hydrogen (secondary N) is 6. The second-order valence-electron chi connectivity index (χ2n) is 24.1. The van der Waals surface area contributed by atoms with Crippen LogP contribution in [0.1, 0.15) is 239 Å². The van der Waals surface area contributed by atoms with Crippen LogP contribution in [0.15, 0.2) is 12.5 Å². The number of aryl methyl sites for hydroxylation is 1. The second kappa shape index (κ2) is 45.7. The number of imidazole rings is 1. The van der Waals surface area contributed by atoms with Crippen LogP contribution < -0.4 is 26.6 Å². The highest BCUT2D eigenvalue weighted by atomic mass is 16.4. The fourth-order valence-electron chi connectivity index (χ4n) is 10.2. The first-order chi connectivity index (χ1) is 42.5. The molecule has 0 fully saturated rings. The van der Waals surface area contributed by atoms with Crippen molar-refractivity contribution in [1.82, 2.24) is 36.6 Å². The maximum atomic E-state index is 13.4. The van der Waals surface area contributed by atoms with Gasteiger partial charge in [0, 0.05) is 88.6 Å². The lowest BCUT2D eigenvalue weighted by Crippen LogP contribution is -2.50. The summed E-state index contributed by atoms with van der Waals surface area (Å²) in [7, 11) is 0. The molecular weight excluding hydrogens is 1170 g/mol. The van der Waals surface area contributed by atoms with Crippen LogP contribution in [0.3, 0.4) is 0 Å². The van der Waals surface area contributed by atoms with Crippen molar-refractivity contribution >= 4 is 82.5 Å². The molecule has 0 aliphatic carbocycles. The van der Waals surface area contributed by atoms with Crippen molar-refractivity contribution in [3.8, 4) is 0 Å². The van der Waals surface area contributed by atoms with Gasteiger partial charge in [0.15, 0.2) is 11.6 Å². The van der Waals surface area contributed by atoms with Crippen LogP contribution in [0.5, 0.6) is 0 Å². The molecule has 0 aliphatic rings. The van der Waals surface area contributed by atoms with E-state index in [2.05, 4.69) is 36.6 Å². The number of carbonyl (C=O) groups is 14. The molecule has 12 N–H and O–H groups in total. The molecule has 1 rings (SSSR count). The minimum absolute atomic E-state index is 0.0345. The van der Waals surface area contributed by atoms with E-state index in [1.165, 1.54) is 33.0 Å². The summed E-state index contributed by atoms with van der Waals surface area (Å²) in [6.45, 7) is 5.74. The van der Waals surface area contributed by atoms with Crippen molar-refractivity contribution in [2.75, 3.05) is 6.54 Å². The molecule has 0 spiro atoms. The zero-order valence-electron chi connectivity index (χ0n) is 53.1. The van der Waals surface area contributed by atoms with Gasteiger partial charge in [-0.1, -0.05) is 83.5 Å².